The molecule has 0 saturated carbocycles. The zero-order valence-corrected chi connectivity index (χ0v) is 10.2. The van der Waals surface area contributed by atoms with E-state index >= 15 is 0 Å². The van der Waals surface area contributed by atoms with Crippen molar-refractivity contribution in [1.82, 2.24) is 4.98 Å². The number of fused-ring (bicyclic) bond motifs is 1. The van der Waals surface area contributed by atoms with Gasteiger partial charge < -0.3 is 10.8 Å². The fourth-order valence-electron chi connectivity index (χ4n) is 1.36. The monoisotopic (exact) mass is 254 g/mol. The summed E-state index contributed by atoms with van der Waals surface area (Å²) in [6, 6.07) is 3.62. The number of thioether (sulfide) groups is 1. The summed E-state index contributed by atoms with van der Waals surface area (Å²) < 4.78 is 0.976. The van der Waals surface area contributed by atoms with Crippen molar-refractivity contribution in [3.63, 3.8) is 0 Å². The highest BCUT2D eigenvalue weighted by Crippen LogP contribution is 2.35. The van der Waals surface area contributed by atoms with Crippen molar-refractivity contribution in [2.75, 3.05) is 11.5 Å². The Kier molecular flexibility index (Phi) is 3.02. The number of benzene rings is 1. The summed E-state index contributed by atoms with van der Waals surface area (Å²) in [7, 11) is 0. The number of rotatable bonds is 3. The number of nitrogens with zero attached hydrogens (tertiary/aromatic N) is 1. The first-order valence-corrected chi connectivity index (χ1v) is 6.38. The standard InChI is InChI=1S/C10H10N2O2S2/c1-5-12-9-6(11)2-3-7(10(9)16-5)15-4-8(13)14/h2-3H,4,11H2,1H3,(H,13,14). The molecular formula is C10H10N2O2S2. The molecule has 2 aromatic rings. The van der Waals surface area contributed by atoms with E-state index in [-0.39, 0.29) is 5.75 Å². The van der Waals surface area contributed by atoms with Gasteiger partial charge in [0.1, 0.15) is 5.52 Å². The minimum Gasteiger partial charge on any atom is -0.481 e. The third-order valence-electron chi connectivity index (χ3n) is 2.00. The highest BCUT2D eigenvalue weighted by molar-refractivity contribution is 8.00. The predicted molar refractivity (Wildman–Crippen MR) is 67.1 cm³/mol. The number of carbonyl (C=O) groups is 1. The van der Waals surface area contributed by atoms with Crippen LogP contribution in [0.2, 0.25) is 0 Å². The van der Waals surface area contributed by atoms with Gasteiger partial charge in [-0.2, -0.15) is 0 Å². The maximum absolute atomic E-state index is 10.5. The van der Waals surface area contributed by atoms with Gasteiger partial charge in [0.25, 0.3) is 0 Å². The van der Waals surface area contributed by atoms with Crippen LogP contribution in [-0.2, 0) is 4.79 Å². The molecule has 6 heteroatoms. The Balaban J connectivity index is 2.45. The number of anilines is 1. The van der Waals surface area contributed by atoms with E-state index in [2.05, 4.69) is 4.98 Å². The zero-order chi connectivity index (χ0) is 11.7. The van der Waals surface area contributed by atoms with E-state index < -0.39 is 5.97 Å². The van der Waals surface area contributed by atoms with Crippen LogP contribution in [0, 0.1) is 6.92 Å². The molecule has 1 aromatic heterocycles. The molecule has 0 fully saturated rings. The summed E-state index contributed by atoms with van der Waals surface area (Å²) in [6.07, 6.45) is 0. The Morgan fingerprint density at radius 1 is 1.62 bits per heavy atom. The van der Waals surface area contributed by atoms with Crippen LogP contribution in [0.4, 0.5) is 5.69 Å². The first-order chi connectivity index (χ1) is 7.58. The number of hydrogen-bond donors (Lipinski definition) is 2. The molecule has 2 rings (SSSR count). The van der Waals surface area contributed by atoms with Crippen molar-refractivity contribution in [3.05, 3.63) is 17.1 Å². The summed E-state index contributed by atoms with van der Waals surface area (Å²) in [5.41, 5.74) is 7.23. The molecule has 3 N–H and O–H groups in total. The minimum atomic E-state index is -0.823. The predicted octanol–water partition coefficient (Wildman–Crippen LogP) is 2.36. The van der Waals surface area contributed by atoms with Gasteiger partial charge in [0.15, 0.2) is 0 Å². The highest BCUT2D eigenvalue weighted by Gasteiger charge is 2.10. The summed E-state index contributed by atoms with van der Waals surface area (Å²) in [4.78, 5) is 15.8. The maximum atomic E-state index is 10.5. The fraction of sp³-hybridized carbons (Fsp3) is 0.200. The van der Waals surface area contributed by atoms with Gasteiger partial charge in [-0.05, 0) is 19.1 Å². The largest absolute Gasteiger partial charge is 0.481 e. The van der Waals surface area contributed by atoms with E-state index in [1.54, 1.807) is 6.07 Å². The molecule has 1 aromatic carbocycles. The van der Waals surface area contributed by atoms with Crippen molar-refractivity contribution in [2.24, 2.45) is 0 Å². The molecule has 0 spiro atoms. The first kappa shape index (κ1) is 11.2. The molecule has 0 bridgehead atoms. The molecular weight excluding hydrogens is 244 g/mol. The van der Waals surface area contributed by atoms with Crippen LogP contribution < -0.4 is 5.73 Å². The number of nitrogen functional groups attached to an aromatic ring is 1. The van der Waals surface area contributed by atoms with E-state index in [4.69, 9.17) is 10.8 Å². The van der Waals surface area contributed by atoms with E-state index in [0.29, 0.717) is 5.69 Å². The van der Waals surface area contributed by atoms with Crippen molar-refractivity contribution >= 4 is 45.0 Å². The van der Waals surface area contributed by atoms with Crippen LogP contribution in [0.25, 0.3) is 10.2 Å². The molecule has 0 radical (unpaired) electrons. The molecule has 0 aliphatic carbocycles. The van der Waals surface area contributed by atoms with Crippen LogP contribution in [-0.4, -0.2) is 21.8 Å². The zero-order valence-electron chi connectivity index (χ0n) is 8.56. The molecule has 0 aliphatic rings. The van der Waals surface area contributed by atoms with E-state index in [9.17, 15) is 4.79 Å². The second-order valence-electron chi connectivity index (χ2n) is 3.25. The third-order valence-corrected chi connectivity index (χ3v) is 4.17. The Bertz CT molecular complexity index is 551. The van der Waals surface area contributed by atoms with Crippen LogP contribution in [0.3, 0.4) is 0 Å². The molecule has 1 heterocycles. The van der Waals surface area contributed by atoms with Crippen LogP contribution in [0.5, 0.6) is 0 Å². The molecule has 16 heavy (non-hydrogen) atoms. The minimum absolute atomic E-state index is 0.0516. The average molecular weight is 254 g/mol. The van der Waals surface area contributed by atoms with Crippen molar-refractivity contribution < 1.29 is 9.90 Å². The lowest BCUT2D eigenvalue weighted by atomic mass is 10.3. The summed E-state index contributed by atoms with van der Waals surface area (Å²) in [5.74, 6) is -0.771. The van der Waals surface area contributed by atoms with Crippen molar-refractivity contribution in [3.8, 4) is 0 Å². The van der Waals surface area contributed by atoms with E-state index in [0.717, 1.165) is 20.1 Å². The Labute approximate surface area is 100 Å². The second kappa shape index (κ2) is 4.31. The molecule has 0 aliphatic heterocycles. The molecule has 0 saturated heterocycles. The lowest BCUT2D eigenvalue weighted by Gasteiger charge is -2.01. The van der Waals surface area contributed by atoms with Crippen LogP contribution >= 0.6 is 23.1 Å². The van der Waals surface area contributed by atoms with Crippen LogP contribution in [0.1, 0.15) is 5.01 Å². The third kappa shape index (κ3) is 2.12. The van der Waals surface area contributed by atoms with Gasteiger partial charge in [-0.1, -0.05) is 0 Å². The van der Waals surface area contributed by atoms with Gasteiger partial charge in [-0.15, -0.1) is 23.1 Å². The number of thiazole rings is 1. The van der Waals surface area contributed by atoms with E-state index in [1.165, 1.54) is 23.1 Å². The van der Waals surface area contributed by atoms with Gasteiger partial charge >= 0.3 is 5.97 Å². The molecule has 4 nitrogen and oxygen atoms in total. The Morgan fingerprint density at radius 2 is 2.38 bits per heavy atom. The average Bonchev–Trinajstić information content (AvgIpc) is 2.59. The number of aliphatic carboxylic acids is 1. The number of nitrogens with two attached hydrogens (primary N) is 1. The normalized spacial score (nSPS) is 10.8. The Morgan fingerprint density at radius 3 is 3.06 bits per heavy atom. The summed E-state index contributed by atoms with van der Waals surface area (Å²) in [6.45, 7) is 1.91. The van der Waals surface area contributed by atoms with Crippen molar-refractivity contribution in [2.45, 2.75) is 11.8 Å². The summed E-state index contributed by atoms with van der Waals surface area (Å²) in [5, 5.41) is 9.58. The lowest BCUT2D eigenvalue weighted by molar-refractivity contribution is -0.133. The van der Waals surface area contributed by atoms with Gasteiger partial charge in [0, 0.05) is 4.90 Å². The van der Waals surface area contributed by atoms with Gasteiger partial charge in [0.2, 0.25) is 0 Å². The summed E-state index contributed by atoms with van der Waals surface area (Å²) >= 11 is 2.84. The van der Waals surface area contributed by atoms with Crippen LogP contribution in [0.15, 0.2) is 17.0 Å². The maximum Gasteiger partial charge on any atom is 0.313 e. The second-order valence-corrected chi connectivity index (χ2v) is 5.47. The number of aromatic nitrogens is 1. The van der Waals surface area contributed by atoms with Gasteiger partial charge in [-0.25, -0.2) is 4.98 Å². The number of aryl methyl sites for hydroxylation is 1. The number of carboxylic acids is 1. The first-order valence-electron chi connectivity index (χ1n) is 4.58. The van der Waals surface area contributed by atoms with Crippen molar-refractivity contribution in [1.29, 1.82) is 0 Å². The number of carboxylic acid groups (broad SMARTS) is 1. The van der Waals surface area contributed by atoms with Gasteiger partial charge in [-0.3, -0.25) is 4.79 Å². The molecule has 0 unspecified atom stereocenters. The topological polar surface area (TPSA) is 76.2 Å². The van der Waals surface area contributed by atoms with Gasteiger partial charge in [0.05, 0.1) is 21.1 Å². The fourth-order valence-corrected chi connectivity index (χ4v) is 3.20. The molecule has 84 valence electrons. The SMILES string of the molecule is Cc1nc2c(N)ccc(SCC(=O)O)c2s1. The molecule has 0 atom stereocenters. The Hall–Kier alpha value is -1.27. The number of hydrogen-bond acceptors (Lipinski definition) is 5. The lowest BCUT2D eigenvalue weighted by Crippen LogP contribution is -1.97. The smallest absolute Gasteiger partial charge is 0.313 e. The quantitative estimate of drug-likeness (QED) is 0.649. The molecule has 0 amide bonds. The van der Waals surface area contributed by atoms with E-state index in [1.807, 2.05) is 13.0 Å². The highest BCUT2D eigenvalue weighted by atomic mass is 32.2.